The Hall–Kier alpha value is -2.48. The predicted molar refractivity (Wildman–Crippen MR) is 106 cm³/mol. The zero-order chi connectivity index (χ0) is 19.6. The van der Waals surface area contributed by atoms with Crippen LogP contribution in [-0.4, -0.2) is 48.4 Å². The number of benzene rings is 1. The number of carbonyl (C=O) groups excluding carboxylic acids is 1. The molecule has 1 atom stereocenters. The predicted octanol–water partition coefficient (Wildman–Crippen LogP) is 2.36. The third-order valence-corrected chi connectivity index (χ3v) is 6.76. The van der Waals surface area contributed by atoms with Crippen LogP contribution in [0.3, 0.4) is 0 Å². The number of hydrogen-bond acceptors (Lipinski definition) is 6. The van der Waals surface area contributed by atoms with Crippen molar-refractivity contribution in [2.45, 2.75) is 33.2 Å². The van der Waals surface area contributed by atoms with Crippen LogP contribution in [0, 0.1) is 13.8 Å². The lowest BCUT2D eigenvalue weighted by molar-refractivity contribution is 0.102. The molecule has 1 amide bonds. The molecular weight excluding hydrogens is 364 g/mol. The molecule has 1 N–H and O–H groups in total. The molecule has 1 aliphatic heterocycles. The van der Waals surface area contributed by atoms with Gasteiger partial charge in [0.05, 0.1) is 23.9 Å². The molecule has 0 radical (unpaired) electrons. The number of aryl methyl sites for hydroxylation is 1. The Morgan fingerprint density at radius 2 is 2.04 bits per heavy atom. The summed E-state index contributed by atoms with van der Waals surface area (Å²) < 4.78 is 23.5. The number of sulfone groups is 1. The fraction of sp³-hybridized carbons (Fsp3) is 0.421. The molecule has 8 heteroatoms. The number of anilines is 2. The number of hydrogen-bond donors (Lipinski definition) is 1. The van der Waals surface area contributed by atoms with E-state index in [9.17, 15) is 13.2 Å². The standard InChI is InChI=1S/C19H24N4O3S/c1-4-23(15-8-9-27(25,26)12-15)18-11-20-17(10-21-18)19(24)22-16-7-5-6-13(2)14(16)3/h5-7,10-11,15H,4,8-9,12H2,1-3H3,(H,22,24). The fourth-order valence-electron chi connectivity index (χ4n) is 3.29. The van der Waals surface area contributed by atoms with Crippen molar-refractivity contribution in [1.82, 2.24) is 9.97 Å². The van der Waals surface area contributed by atoms with Crippen LogP contribution in [0.15, 0.2) is 30.6 Å². The number of amides is 1. The van der Waals surface area contributed by atoms with Gasteiger partial charge in [0.25, 0.3) is 5.91 Å². The minimum Gasteiger partial charge on any atom is -0.352 e. The minimum atomic E-state index is -2.98. The molecule has 0 aliphatic carbocycles. The van der Waals surface area contributed by atoms with Crippen LogP contribution in [0.2, 0.25) is 0 Å². The molecule has 0 saturated carbocycles. The van der Waals surface area contributed by atoms with E-state index in [0.717, 1.165) is 16.8 Å². The Balaban J connectivity index is 1.74. The molecule has 0 spiro atoms. The van der Waals surface area contributed by atoms with Crippen LogP contribution in [0.4, 0.5) is 11.5 Å². The summed E-state index contributed by atoms with van der Waals surface area (Å²) in [6.07, 6.45) is 3.56. The summed E-state index contributed by atoms with van der Waals surface area (Å²) in [5, 5.41) is 2.86. The fourth-order valence-corrected chi connectivity index (χ4v) is 5.02. The van der Waals surface area contributed by atoms with Gasteiger partial charge in [-0.2, -0.15) is 0 Å². The number of nitrogens with one attached hydrogen (secondary N) is 1. The van der Waals surface area contributed by atoms with Gasteiger partial charge in [0.1, 0.15) is 11.5 Å². The summed E-state index contributed by atoms with van der Waals surface area (Å²) in [6.45, 7) is 6.52. The van der Waals surface area contributed by atoms with E-state index in [1.165, 1.54) is 12.4 Å². The van der Waals surface area contributed by atoms with E-state index in [0.29, 0.717) is 18.8 Å². The smallest absolute Gasteiger partial charge is 0.275 e. The summed E-state index contributed by atoms with van der Waals surface area (Å²) >= 11 is 0. The zero-order valence-electron chi connectivity index (χ0n) is 15.8. The lowest BCUT2D eigenvalue weighted by Gasteiger charge is -2.27. The molecule has 2 heterocycles. The maximum absolute atomic E-state index is 12.5. The van der Waals surface area contributed by atoms with E-state index < -0.39 is 9.84 Å². The summed E-state index contributed by atoms with van der Waals surface area (Å²) in [5.41, 5.74) is 3.07. The van der Waals surface area contributed by atoms with Crippen molar-refractivity contribution in [2.75, 3.05) is 28.3 Å². The maximum Gasteiger partial charge on any atom is 0.275 e. The van der Waals surface area contributed by atoms with Gasteiger partial charge in [-0.25, -0.2) is 18.4 Å². The topological polar surface area (TPSA) is 92.3 Å². The summed E-state index contributed by atoms with van der Waals surface area (Å²) in [4.78, 5) is 23.0. The minimum absolute atomic E-state index is 0.0936. The van der Waals surface area contributed by atoms with Gasteiger partial charge < -0.3 is 10.2 Å². The third-order valence-electron chi connectivity index (χ3n) is 5.01. The van der Waals surface area contributed by atoms with Crippen LogP contribution < -0.4 is 10.2 Å². The first-order valence-corrected chi connectivity index (χ1v) is 10.8. The summed E-state index contributed by atoms with van der Waals surface area (Å²) in [7, 11) is -2.98. The molecule has 1 aliphatic rings. The van der Waals surface area contributed by atoms with E-state index >= 15 is 0 Å². The van der Waals surface area contributed by atoms with Crippen molar-refractivity contribution < 1.29 is 13.2 Å². The normalized spacial score (nSPS) is 18.3. The van der Waals surface area contributed by atoms with E-state index in [1.54, 1.807) is 0 Å². The highest BCUT2D eigenvalue weighted by atomic mass is 32.2. The molecule has 1 fully saturated rings. The highest BCUT2D eigenvalue weighted by molar-refractivity contribution is 7.91. The SMILES string of the molecule is CCN(c1cnc(C(=O)Nc2cccc(C)c2C)cn1)C1CCS(=O)(=O)C1. The van der Waals surface area contributed by atoms with Gasteiger partial charge in [-0.1, -0.05) is 12.1 Å². The number of rotatable bonds is 5. The second kappa shape index (κ2) is 7.64. The molecule has 1 saturated heterocycles. The highest BCUT2D eigenvalue weighted by Crippen LogP contribution is 2.23. The van der Waals surface area contributed by atoms with Crippen LogP contribution in [-0.2, 0) is 9.84 Å². The van der Waals surface area contributed by atoms with Crippen molar-refractivity contribution >= 4 is 27.2 Å². The van der Waals surface area contributed by atoms with Crippen LogP contribution >= 0.6 is 0 Å². The number of nitrogens with zero attached hydrogens (tertiary/aromatic N) is 3. The van der Waals surface area contributed by atoms with E-state index in [4.69, 9.17) is 0 Å². The molecule has 27 heavy (non-hydrogen) atoms. The molecule has 2 aromatic rings. The first-order chi connectivity index (χ1) is 12.8. The van der Waals surface area contributed by atoms with E-state index in [-0.39, 0.29) is 29.1 Å². The molecule has 1 aromatic heterocycles. The molecule has 1 aromatic carbocycles. The Labute approximate surface area is 159 Å². The lowest BCUT2D eigenvalue weighted by Crippen LogP contribution is -2.36. The maximum atomic E-state index is 12.5. The van der Waals surface area contributed by atoms with Gasteiger partial charge >= 0.3 is 0 Å². The largest absolute Gasteiger partial charge is 0.352 e. The van der Waals surface area contributed by atoms with Crippen molar-refractivity contribution in [1.29, 1.82) is 0 Å². The van der Waals surface area contributed by atoms with Crippen LogP contribution in [0.5, 0.6) is 0 Å². The second-order valence-corrected chi connectivity index (χ2v) is 9.03. The van der Waals surface area contributed by atoms with Gasteiger partial charge in [0.2, 0.25) is 0 Å². The van der Waals surface area contributed by atoms with Crippen molar-refractivity contribution in [3.8, 4) is 0 Å². The van der Waals surface area contributed by atoms with Gasteiger partial charge in [0, 0.05) is 18.3 Å². The average molecular weight is 388 g/mol. The molecule has 144 valence electrons. The quantitative estimate of drug-likeness (QED) is 0.845. The van der Waals surface area contributed by atoms with Gasteiger partial charge in [0.15, 0.2) is 9.84 Å². The first kappa shape index (κ1) is 19.3. The first-order valence-electron chi connectivity index (χ1n) is 8.97. The second-order valence-electron chi connectivity index (χ2n) is 6.80. The highest BCUT2D eigenvalue weighted by Gasteiger charge is 2.32. The van der Waals surface area contributed by atoms with E-state index in [2.05, 4.69) is 15.3 Å². The molecular formula is C19H24N4O3S. The Bertz CT molecular complexity index is 942. The summed E-state index contributed by atoms with van der Waals surface area (Å²) in [5.74, 6) is 0.604. The van der Waals surface area contributed by atoms with Crippen molar-refractivity contribution in [3.63, 3.8) is 0 Å². The van der Waals surface area contributed by atoms with Gasteiger partial charge in [-0.3, -0.25) is 4.79 Å². The van der Waals surface area contributed by atoms with Crippen LogP contribution in [0.25, 0.3) is 0 Å². The van der Waals surface area contributed by atoms with Crippen LogP contribution in [0.1, 0.15) is 35.0 Å². The van der Waals surface area contributed by atoms with Gasteiger partial charge in [-0.05, 0) is 44.4 Å². The number of aromatic nitrogens is 2. The summed E-state index contributed by atoms with van der Waals surface area (Å²) in [6, 6.07) is 5.63. The van der Waals surface area contributed by atoms with Crippen molar-refractivity contribution in [2.24, 2.45) is 0 Å². The lowest BCUT2D eigenvalue weighted by atomic mass is 10.1. The molecule has 7 nitrogen and oxygen atoms in total. The van der Waals surface area contributed by atoms with Crippen molar-refractivity contribution in [3.05, 3.63) is 47.4 Å². The van der Waals surface area contributed by atoms with E-state index in [1.807, 2.05) is 43.9 Å². The Morgan fingerprint density at radius 1 is 1.26 bits per heavy atom. The average Bonchev–Trinajstić information content (AvgIpc) is 2.99. The number of carbonyl (C=O) groups is 1. The Kier molecular flexibility index (Phi) is 5.46. The molecule has 1 unspecified atom stereocenters. The molecule has 3 rings (SSSR count). The Morgan fingerprint density at radius 3 is 2.63 bits per heavy atom. The monoisotopic (exact) mass is 388 g/mol. The zero-order valence-corrected chi connectivity index (χ0v) is 16.6. The molecule has 0 bridgehead atoms. The van der Waals surface area contributed by atoms with Gasteiger partial charge in [-0.15, -0.1) is 0 Å². The third kappa shape index (κ3) is 4.27.